The monoisotopic (exact) mass is 197 g/mol. The fourth-order valence-corrected chi connectivity index (χ4v) is 1.31. The molecule has 0 saturated carbocycles. The number of aryl methyl sites for hydroxylation is 1. The number of nitrogens with zero attached hydrogens (tertiary/aromatic N) is 2. The molecule has 0 atom stereocenters. The van der Waals surface area contributed by atoms with E-state index in [-0.39, 0.29) is 12.1 Å². The Bertz CT molecular complexity index is 395. The van der Waals surface area contributed by atoms with Crippen LogP contribution in [0.2, 0.25) is 0 Å². The van der Waals surface area contributed by atoms with Gasteiger partial charge in [-0.05, 0) is 13.8 Å². The third-order valence-electron chi connectivity index (χ3n) is 1.90. The molecule has 1 aromatic heterocycles. The second kappa shape index (κ2) is 3.49. The van der Waals surface area contributed by atoms with Crippen LogP contribution in [-0.4, -0.2) is 26.8 Å². The average Bonchev–Trinajstić information content (AvgIpc) is 2.25. The van der Waals surface area contributed by atoms with Gasteiger partial charge in [0, 0.05) is 0 Å². The molecule has 0 aliphatic heterocycles. The van der Waals surface area contributed by atoms with Crippen molar-refractivity contribution in [3.8, 4) is 0 Å². The Hall–Kier alpha value is -1.85. The molecule has 0 unspecified atom stereocenters. The van der Waals surface area contributed by atoms with Crippen molar-refractivity contribution < 1.29 is 14.7 Å². The molecule has 14 heavy (non-hydrogen) atoms. The molecule has 0 fully saturated rings. The van der Waals surface area contributed by atoms with Gasteiger partial charge < -0.3 is 10.8 Å². The number of aromatic carboxylic acids is 1. The summed E-state index contributed by atoms with van der Waals surface area (Å²) in [5, 5.41) is 12.7. The van der Waals surface area contributed by atoms with Crippen LogP contribution in [0.5, 0.6) is 0 Å². The Labute approximate surface area is 80.3 Å². The summed E-state index contributed by atoms with van der Waals surface area (Å²) in [7, 11) is 0. The summed E-state index contributed by atoms with van der Waals surface area (Å²) in [5.74, 6) is -1.59. The fourth-order valence-electron chi connectivity index (χ4n) is 1.31. The Kier molecular flexibility index (Phi) is 2.55. The van der Waals surface area contributed by atoms with E-state index in [4.69, 9.17) is 10.8 Å². The second-order valence-electron chi connectivity index (χ2n) is 2.97. The van der Waals surface area contributed by atoms with E-state index in [1.54, 1.807) is 13.8 Å². The maximum Gasteiger partial charge on any atom is 0.339 e. The van der Waals surface area contributed by atoms with Crippen LogP contribution < -0.4 is 5.73 Å². The van der Waals surface area contributed by atoms with Gasteiger partial charge in [0.1, 0.15) is 12.1 Å². The maximum absolute atomic E-state index is 10.8. The zero-order valence-electron chi connectivity index (χ0n) is 7.94. The van der Waals surface area contributed by atoms with Gasteiger partial charge in [-0.3, -0.25) is 9.48 Å². The van der Waals surface area contributed by atoms with Crippen LogP contribution in [0.1, 0.15) is 21.7 Å². The van der Waals surface area contributed by atoms with E-state index in [1.165, 1.54) is 4.68 Å². The van der Waals surface area contributed by atoms with Crippen molar-refractivity contribution in [1.29, 1.82) is 0 Å². The number of hydrogen-bond donors (Lipinski definition) is 2. The first-order chi connectivity index (χ1) is 6.43. The molecular weight excluding hydrogens is 186 g/mol. The SMILES string of the molecule is Cc1nn(CC(N)=O)c(C)c1C(=O)O. The number of rotatable bonds is 3. The second-order valence-corrected chi connectivity index (χ2v) is 2.97. The molecular formula is C8H11N3O3. The smallest absolute Gasteiger partial charge is 0.339 e. The number of carbonyl (C=O) groups excluding carboxylic acids is 1. The highest BCUT2D eigenvalue weighted by molar-refractivity contribution is 5.90. The number of carboxylic acid groups (broad SMARTS) is 1. The molecule has 1 heterocycles. The van der Waals surface area contributed by atoms with Gasteiger partial charge in [0.15, 0.2) is 0 Å². The van der Waals surface area contributed by atoms with Crippen molar-refractivity contribution in [2.24, 2.45) is 5.73 Å². The molecule has 1 aromatic rings. The predicted molar refractivity (Wildman–Crippen MR) is 47.9 cm³/mol. The molecule has 0 aliphatic rings. The van der Waals surface area contributed by atoms with Crippen LogP contribution in [0.15, 0.2) is 0 Å². The number of hydrogen-bond acceptors (Lipinski definition) is 3. The molecule has 1 amide bonds. The van der Waals surface area contributed by atoms with E-state index in [9.17, 15) is 9.59 Å². The van der Waals surface area contributed by atoms with Crippen molar-refractivity contribution in [1.82, 2.24) is 9.78 Å². The Morgan fingerprint density at radius 1 is 1.50 bits per heavy atom. The lowest BCUT2D eigenvalue weighted by atomic mass is 10.2. The summed E-state index contributed by atoms with van der Waals surface area (Å²) >= 11 is 0. The van der Waals surface area contributed by atoms with Crippen LogP contribution in [0.3, 0.4) is 0 Å². The molecule has 6 nitrogen and oxygen atoms in total. The number of primary amides is 1. The quantitative estimate of drug-likeness (QED) is 0.693. The lowest BCUT2D eigenvalue weighted by molar-refractivity contribution is -0.118. The highest BCUT2D eigenvalue weighted by Gasteiger charge is 2.17. The van der Waals surface area contributed by atoms with E-state index in [0.717, 1.165) is 0 Å². The minimum Gasteiger partial charge on any atom is -0.478 e. The fraction of sp³-hybridized carbons (Fsp3) is 0.375. The lowest BCUT2D eigenvalue weighted by Gasteiger charge is -1.99. The van der Waals surface area contributed by atoms with E-state index in [2.05, 4.69) is 5.10 Å². The highest BCUT2D eigenvalue weighted by Crippen LogP contribution is 2.12. The zero-order valence-corrected chi connectivity index (χ0v) is 7.94. The van der Waals surface area contributed by atoms with Gasteiger partial charge in [0.05, 0.1) is 11.4 Å². The standard InChI is InChI=1S/C8H11N3O3/c1-4-7(8(13)14)5(2)11(10-4)3-6(9)12/h3H2,1-2H3,(H2,9,12)(H,13,14). The lowest BCUT2D eigenvalue weighted by Crippen LogP contribution is -2.20. The van der Waals surface area contributed by atoms with Crippen LogP contribution in [0, 0.1) is 13.8 Å². The number of carboxylic acids is 1. The van der Waals surface area contributed by atoms with Gasteiger partial charge >= 0.3 is 5.97 Å². The minimum absolute atomic E-state index is 0.0973. The largest absolute Gasteiger partial charge is 0.478 e. The van der Waals surface area contributed by atoms with Crippen LogP contribution in [-0.2, 0) is 11.3 Å². The average molecular weight is 197 g/mol. The molecule has 3 N–H and O–H groups in total. The van der Waals surface area contributed by atoms with Crippen molar-refractivity contribution >= 4 is 11.9 Å². The van der Waals surface area contributed by atoms with Gasteiger partial charge in [0.2, 0.25) is 5.91 Å². The zero-order chi connectivity index (χ0) is 10.9. The number of aromatic nitrogens is 2. The van der Waals surface area contributed by atoms with Gasteiger partial charge in [-0.2, -0.15) is 5.10 Å². The Balaban J connectivity index is 3.16. The van der Waals surface area contributed by atoms with Crippen molar-refractivity contribution in [2.75, 3.05) is 0 Å². The molecule has 0 radical (unpaired) electrons. The van der Waals surface area contributed by atoms with E-state index in [0.29, 0.717) is 11.4 Å². The van der Waals surface area contributed by atoms with Crippen molar-refractivity contribution in [3.63, 3.8) is 0 Å². The van der Waals surface area contributed by atoms with Gasteiger partial charge in [0.25, 0.3) is 0 Å². The third kappa shape index (κ3) is 1.73. The summed E-state index contributed by atoms with van der Waals surface area (Å²) in [6.45, 7) is 3.07. The first kappa shape index (κ1) is 10.2. The van der Waals surface area contributed by atoms with E-state index < -0.39 is 11.9 Å². The number of carbonyl (C=O) groups is 2. The Morgan fingerprint density at radius 3 is 2.43 bits per heavy atom. The van der Waals surface area contributed by atoms with Gasteiger partial charge in [-0.25, -0.2) is 4.79 Å². The minimum atomic E-state index is -1.05. The van der Waals surface area contributed by atoms with Gasteiger partial charge in [-0.1, -0.05) is 0 Å². The van der Waals surface area contributed by atoms with E-state index in [1.807, 2.05) is 0 Å². The summed E-state index contributed by atoms with van der Waals surface area (Å²) in [4.78, 5) is 21.4. The topological polar surface area (TPSA) is 98.2 Å². The molecule has 0 aliphatic carbocycles. The molecule has 0 spiro atoms. The molecule has 76 valence electrons. The third-order valence-corrected chi connectivity index (χ3v) is 1.90. The number of amides is 1. The Morgan fingerprint density at radius 2 is 2.07 bits per heavy atom. The van der Waals surface area contributed by atoms with Gasteiger partial charge in [-0.15, -0.1) is 0 Å². The molecule has 0 saturated heterocycles. The molecule has 0 aromatic carbocycles. The van der Waals surface area contributed by atoms with Crippen LogP contribution >= 0.6 is 0 Å². The summed E-state index contributed by atoms with van der Waals surface area (Å²) in [6.07, 6.45) is 0. The number of nitrogens with two attached hydrogens (primary N) is 1. The normalized spacial score (nSPS) is 10.1. The maximum atomic E-state index is 10.8. The molecule has 1 rings (SSSR count). The summed E-state index contributed by atoms with van der Waals surface area (Å²) in [6, 6.07) is 0. The first-order valence-corrected chi connectivity index (χ1v) is 3.99. The van der Waals surface area contributed by atoms with Crippen LogP contribution in [0.25, 0.3) is 0 Å². The van der Waals surface area contributed by atoms with Crippen molar-refractivity contribution in [2.45, 2.75) is 20.4 Å². The van der Waals surface area contributed by atoms with Crippen molar-refractivity contribution in [3.05, 3.63) is 17.0 Å². The molecule has 6 heteroatoms. The molecule has 0 bridgehead atoms. The predicted octanol–water partition coefficient (Wildman–Crippen LogP) is -0.317. The van der Waals surface area contributed by atoms with E-state index >= 15 is 0 Å². The summed E-state index contributed by atoms with van der Waals surface area (Å²) < 4.78 is 1.29. The van der Waals surface area contributed by atoms with Crippen LogP contribution in [0.4, 0.5) is 0 Å². The highest BCUT2D eigenvalue weighted by atomic mass is 16.4. The summed E-state index contributed by atoms with van der Waals surface area (Å²) in [5.41, 5.74) is 5.94. The first-order valence-electron chi connectivity index (χ1n) is 3.99.